The van der Waals surface area contributed by atoms with Crippen LogP contribution in [0.2, 0.25) is 0 Å². The van der Waals surface area contributed by atoms with Gasteiger partial charge in [-0.15, -0.1) is 0 Å². The van der Waals surface area contributed by atoms with Gasteiger partial charge < -0.3 is 29.7 Å². The molecule has 2 aromatic rings. The van der Waals surface area contributed by atoms with E-state index in [0.29, 0.717) is 50.3 Å². The molecule has 1 aromatic heterocycles. The maximum Gasteiger partial charge on any atom is 0.408 e. The Hall–Kier alpha value is -4.54. The van der Waals surface area contributed by atoms with Crippen LogP contribution in [0.5, 0.6) is 11.8 Å². The second-order valence-electron chi connectivity index (χ2n) is 18.0. The number of rotatable bonds is 10. The van der Waals surface area contributed by atoms with Crippen molar-refractivity contribution in [3.8, 4) is 11.8 Å². The van der Waals surface area contributed by atoms with Crippen molar-refractivity contribution in [2.24, 2.45) is 17.8 Å². The normalized spacial score (nSPS) is 29.2. The van der Waals surface area contributed by atoms with Crippen molar-refractivity contribution in [2.75, 3.05) is 6.54 Å². The van der Waals surface area contributed by atoms with Gasteiger partial charge in [0.25, 0.3) is 11.8 Å². The number of carbonyl (C=O) groups is 4. The molecule has 2 aliphatic heterocycles. The lowest BCUT2D eigenvalue weighted by Gasteiger charge is -2.35. The number of sulfonamides is 1. The molecule has 3 fully saturated rings. The highest BCUT2D eigenvalue weighted by Gasteiger charge is 2.63. The lowest BCUT2D eigenvalue weighted by molar-refractivity contribution is -0.152. The van der Waals surface area contributed by atoms with Crippen LogP contribution in [0.4, 0.5) is 13.6 Å². The van der Waals surface area contributed by atoms with Crippen LogP contribution in [0.15, 0.2) is 42.5 Å². The van der Waals surface area contributed by atoms with Gasteiger partial charge in [-0.1, -0.05) is 44.2 Å². The first-order valence-electron chi connectivity index (χ1n) is 20.4. The fourth-order valence-corrected chi connectivity index (χ4v) is 9.08. The van der Waals surface area contributed by atoms with Crippen LogP contribution in [-0.2, 0) is 29.1 Å². The molecule has 3 N–H and O–H groups in total. The van der Waals surface area contributed by atoms with Gasteiger partial charge in [0, 0.05) is 30.7 Å². The molecule has 1 saturated heterocycles. The largest absolute Gasteiger partial charge is 0.475 e. The number of carbonyl (C=O) groups excluding carboxylic acids is 4. The quantitative estimate of drug-likeness (QED) is 0.248. The van der Waals surface area contributed by atoms with Gasteiger partial charge in [-0.05, 0) is 96.4 Å². The van der Waals surface area contributed by atoms with E-state index >= 15 is 0 Å². The number of hydrogen-bond donors (Lipinski definition) is 3. The van der Waals surface area contributed by atoms with Gasteiger partial charge in [-0.25, -0.2) is 22.0 Å². The van der Waals surface area contributed by atoms with Crippen LogP contribution in [0, 0.1) is 17.8 Å². The Balaban J connectivity index is 1.37. The van der Waals surface area contributed by atoms with E-state index in [1.807, 2.05) is 57.2 Å². The number of alkyl carbamates (subject to hydrolysis) is 1. The zero-order valence-corrected chi connectivity index (χ0v) is 35.8. The average molecular weight is 846 g/mol. The molecular formula is C42H57F2N5O9S. The summed E-state index contributed by atoms with van der Waals surface area (Å²) in [6.07, 6.45) is 3.97. The van der Waals surface area contributed by atoms with E-state index in [-0.39, 0.29) is 37.3 Å². The van der Waals surface area contributed by atoms with Gasteiger partial charge in [0.2, 0.25) is 33.6 Å². The molecule has 4 aliphatic rings. The third-order valence-electron chi connectivity index (χ3n) is 12.2. The van der Waals surface area contributed by atoms with E-state index < -0.39 is 85.7 Å². The maximum absolute atomic E-state index is 14.9. The number of benzene rings is 1. The topological polar surface area (TPSA) is 182 Å². The number of nitrogens with zero attached hydrogens (tertiary/aromatic N) is 2. The molecule has 59 heavy (non-hydrogen) atoms. The minimum absolute atomic E-state index is 0.0194. The summed E-state index contributed by atoms with van der Waals surface area (Å²) < 4.78 is 74.1. The van der Waals surface area contributed by atoms with Gasteiger partial charge in [0.05, 0.1) is 17.4 Å². The first kappa shape index (κ1) is 44.0. The molecular weight excluding hydrogens is 789 g/mol. The highest BCUT2D eigenvalue weighted by atomic mass is 32.2. The Morgan fingerprint density at radius 1 is 1.08 bits per heavy atom. The molecule has 1 aromatic carbocycles. The molecule has 0 unspecified atom stereocenters. The number of aromatic nitrogens is 1. The molecule has 2 saturated carbocycles. The fourth-order valence-electron chi connectivity index (χ4n) is 7.77. The summed E-state index contributed by atoms with van der Waals surface area (Å²) >= 11 is 0. The lowest BCUT2D eigenvalue weighted by Crippen LogP contribution is -2.59. The van der Waals surface area contributed by atoms with E-state index in [9.17, 15) is 36.4 Å². The highest BCUT2D eigenvalue weighted by Crippen LogP contribution is 2.48. The molecule has 4 amide bonds. The Morgan fingerprint density at radius 3 is 2.44 bits per heavy atom. The number of ether oxygens (including phenoxy) is 3. The molecule has 2 aliphatic carbocycles. The monoisotopic (exact) mass is 845 g/mol. The molecule has 3 heterocycles. The average Bonchev–Trinajstić information content (AvgIpc) is 4.01. The SMILES string of the molecule is CC(C)Oc1cc2ccccc2c(O[C@@H]2C[C@H]3C(=O)N[C@]4(C(=O)NS(=O)(=O)C5(C)CC5)C[C@H]4/C=C\CC[C@H](C)C[C@@H](C)[C@H](NC(=O)OC(C)(C)C(C)(F)F)C(=O)N3C2)n1. The number of hydrogen-bond acceptors (Lipinski definition) is 10. The number of amides is 4. The number of nitrogens with one attached hydrogen (secondary N) is 3. The molecule has 324 valence electrons. The van der Waals surface area contributed by atoms with Crippen molar-refractivity contribution >= 4 is 44.6 Å². The summed E-state index contributed by atoms with van der Waals surface area (Å²) in [6, 6.07) is 6.54. The summed E-state index contributed by atoms with van der Waals surface area (Å²) in [4.78, 5) is 62.7. The Bertz CT molecular complexity index is 2100. The Kier molecular flexibility index (Phi) is 12.0. The first-order chi connectivity index (χ1) is 27.4. The molecule has 0 bridgehead atoms. The van der Waals surface area contributed by atoms with E-state index in [2.05, 4.69) is 20.3 Å². The third-order valence-corrected chi connectivity index (χ3v) is 14.4. The van der Waals surface area contributed by atoms with Crippen molar-refractivity contribution in [1.82, 2.24) is 25.2 Å². The van der Waals surface area contributed by atoms with Gasteiger partial charge in [0.15, 0.2) is 5.60 Å². The van der Waals surface area contributed by atoms with E-state index in [1.54, 1.807) is 19.9 Å². The molecule has 7 atom stereocenters. The van der Waals surface area contributed by atoms with Gasteiger partial charge in [0.1, 0.15) is 23.7 Å². The third kappa shape index (κ3) is 9.44. The number of pyridine rings is 1. The van der Waals surface area contributed by atoms with Crippen molar-refractivity contribution in [3.63, 3.8) is 0 Å². The Labute approximate surface area is 344 Å². The summed E-state index contributed by atoms with van der Waals surface area (Å²) in [6.45, 7) is 11.6. The molecule has 14 nitrogen and oxygen atoms in total. The number of fused-ring (bicyclic) bond motifs is 3. The van der Waals surface area contributed by atoms with Gasteiger partial charge in [-0.3, -0.25) is 19.1 Å². The van der Waals surface area contributed by atoms with Crippen LogP contribution < -0.4 is 24.8 Å². The minimum atomic E-state index is -4.06. The standard InChI is InChI=1S/C42H57F2N5O9S/c1-24(2)56-32-20-27-14-10-12-16-30(27)35(45-32)57-29-21-31-34(50)47-42(37(52)48-59(54,55)40(7)17-18-40)22-28(42)15-11-9-13-25(3)19-26(4)33(36(51)49(31)23-29)46-38(53)58-39(5,6)41(8,43)44/h10-12,14-16,20,24-26,28-29,31,33H,9,13,17-19,21-23H2,1-8H3,(H,46,53)(H,47,50)(H,48,52)/b15-11-/t25-,26+,28+,29+,31-,33-,42+/m0/s1. The lowest BCUT2D eigenvalue weighted by atomic mass is 9.88. The maximum atomic E-state index is 14.9. The molecule has 6 rings (SSSR count). The van der Waals surface area contributed by atoms with Crippen LogP contribution in [-0.4, -0.2) is 94.8 Å². The van der Waals surface area contributed by atoms with Crippen molar-refractivity contribution in [1.29, 1.82) is 0 Å². The van der Waals surface area contributed by atoms with E-state index in [0.717, 1.165) is 19.2 Å². The number of allylic oxidation sites excluding steroid dienone is 1. The predicted octanol–water partition coefficient (Wildman–Crippen LogP) is 5.78. The minimum Gasteiger partial charge on any atom is -0.475 e. The zero-order chi connectivity index (χ0) is 43.3. The second-order valence-corrected chi connectivity index (χ2v) is 20.2. The molecule has 0 radical (unpaired) electrons. The predicted molar refractivity (Wildman–Crippen MR) is 215 cm³/mol. The second kappa shape index (κ2) is 16.1. The summed E-state index contributed by atoms with van der Waals surface area (Å²) in [5, 5.41) is 6.83. The Morgan fingerprint density at radius 2 is 1.78 bits per heavy atom. The van der Waals surface area contributed by atoms with Crippen LogP contribution in [0.3, 0.4) is 0 Å². The molecule has 17 heteroatoms. The van der Waals surface area contributed by atoms with E-state index in [4.69, 9.17) is 14.2 Å². The smallest absolute Gasteiger partial charge is 0.408 e. The van der Waals surface area contributed by atoms with Gasteiger partial charge in [-0.2, -0.15) is 4.98 Å². The van der Waals surface area contributed by atoms with Crippen LogP contribution in [0.25, 0.3) is 10.8 Å². The number of halogens is 2. The van der Waals surface area contributed by atoms with Gasteiger partial charge >= 0.3 is 6.09 Å². The highest BCUT2D eigenvalue weighted by molar-refractivity contribution is 7.91. The summed E-state index contributed by atoms with van der Waals surface area (Å²) in [7, 11) is -4.06. The van der Waals surface area contributed by atoms with Crippen LogP contribution >= 0.6 is 0 Å². The van der Waals surface area contributed by atoms with Crippen molar-refractivity contribution < 1.29 is 50.6 Å². The fraction of sp³-hybridized carbons (Fsp3) is 0.643. The van der Waals surface area contributed by atoms with E-state index in [1.165, 1.54) is 4.90 Å². The zero-order valence-electron chi connectivity index (χ0n) is 35.0. The van der Waals surface area contributed by atoms with Crippen molar-refractivity contribution in [2.45, 2.75) is 146 Å². The van der Waals surface area contributed by atoms with Crippen LogP contribution in [0.1, 0.15) is 100 Å². The summed E-state index contributed by atoms with van der Waals surface area (Å²) in [5.41, 5.74) is -3.83. The van der Waals surface area contributed by atoms with Crippen molar-refractivity contribution in [3.05, 3.63) is 42.5 Å². The molecule has 0 spiro atoms. The first-order valence-corrected chi connectivity index (χ1v) is 21.9. The number of alkyl halides is 2. The summed E-state index contributed by atoms with van der Waals surface area (Å²) in [5.74, 6) is -6.25.